The summed E-state index contributed by atoms with van der Waals surface area (Å²) in [6, 6.07) is 14.7. The van der Waals surface area contributed by atoms with Crippen molar-refractivity contribution in [3.05, 3.63) is 59.7 Å². The SMILES string of the molecule is Cc1cccc(C(=O)OC(C)C(=O)Nc2ccc(N3CCOCC3)cc2)c1. The summed E-state index contributed by atoms with van der Waals surface area (Å²) in [5.41, 5.74) is 3.15. The van der Waals surface area contributed by atoms with Crippen LogP contribution >= 0.6 is 0 Å². The lowest BCUT2D eigenvalue weighted by Crippen LogP contribution is -2.36. The fourth-order valence-electron chi connectivity index (χ4n) is 2.88. The Hall–Kier alpha value is -2.86. The van der Waals surface area contributed by atoms with Crippen LogP contribution in [-0.2, 0) is 14.3 Å². The Bertz CT molecular complexity index is 798. The van der Waals surface area contributed by atoms with E-state index in [4.69, 9.17) is 9.47 Å². The second kappa shape index (κ2) is 8.68. The van der Waals surface area contributed by atoms with E-state index in [0.29, 0.717) is 11.3 Å². The van der Waals surface area contributed by atoms with Gasteiger partial charge in [-0.15, -0.1) is 0 Å². The standard InChI is InChI=1S/C21H24N2O4/c1-15-4-3-5-17(14-15)21(25)27-16(2)20(24)22-18-6-8-19(9-7-18)23-10-12-26-13-11-23/h3-9,14,16H,10-13H2,1-2H3,(H,22,24). The number of nitrogens with one attached hydrogen (secondary N) is 1. The number of aryl methyl sites for hydroxylation is 1. The minimum absolute atomic E-state index is 0.366. The van der Waals surface area contributed by atoms with Gasteiger partial charge in [0.25, 0.3) is 5.91 Å². The van der Waals surface area contributed by atoms with Crippen LogP contribution in [0, 0.1) is 6.92 Å². The lowest BCUT2D eigenvalue weighted by molar-refractivity contribution is -0.123. The number of hydrogen-bond acceptors (Lipinski definition) is 5. The topological polar surface area (TPSA) is 67.9 Å². The first kappa shape index (κ1) is 18.9. The minimum Gasteiger partial charge on any atom is -0.449 e. The van der Waals surface area contributed by atoms with Crippen molar-refractivity contribution in [3.8, 4) is 0 Å². The molecule has 0 radical (unpaired) electrons. The molecular weight excluding hydrogens is 344 g/mol. The first-order valence-electron chi connectivity index (χ1n) is 9.04. The van der Waals surface area contributed by atoms with Crippen molar-refractivity contribution in [1.82, 2.24) is 0 Å². The van der Waals surface area contributed by atoms with Gasteiger partial charge in [-0.05, 0) is 50.2 Å². The molecule has 1 amide bonds. The van der Waals surface area contributed by atoms with Crippen LogP contribution in [0.3, 0.4) is 0 Å². The molecule has 1 atom stereocenters. The molecule has 1 heterocycles. The largest absolute Gasteiger partial charge is 0.449 e. The highest BCUT2D eigenvalue weighted by molar-refractivity contribution is 5.97. The van der Waals surface area contributed by atoms with E-state index in [1.165, 1.54) is 0 Å². The van der Waals surface area contributed by atoms with Crippen molar-refractivity contribution in [2.75, 3.05) is 36.5 Å². The Labute approximate surface area is 159 Å². The van der Waals surface area contributed by atoms with Crippen molar-refractivity contribution < 1.29 is 19.1 Å². The maximum Gasteiger partial charge on any atom is 0.338 e. The van der Waals surface area contributed by atoms with Gasteiger partial charge in [0, 0.05) is 24.5 Å². The van der Waals surface area contributed by atoms with Crippen LogP contribution in [0.25, 0.3) is 0 Å². The second-order valence-electron chi connectivity index (χ2n) is 6.55. The summed E-state index contributed by atoms with van der Waals surface area (Å²) in [5.74, 6) is -0.876. The van der Waals surface area contributed by atoms with E-state index in [1.54, 1.807) is 25.1 Å². The van der Waals surface area contributed by atoms with E-state index in [1.807, 2.05) is 37.3 Å². The van der Waals surface area contributed by atoms with Gasteiger partial charge in [0.15, 0.2) is 6.10 Å². The summed E-state index contributed by atoms with van der Waals surface area (Å²) in [6.45, 7) is 6.62. The Morgan fingerprint density at radius 3 is 2.48 bits per heavy atom. The molecule has 1 unspecified atom stereocenters. The smallest absolute Gasteiger partial charge is 0.338 e. The number of morpholine rings is 1. The van der Waals surface area contributed by atoms with Gasteiger partial charge in [-0.25, -0.2) is 4.79 Å². The average Bonchev–Trinajstić information content (AvgIpc) is 2.69. The zero-order chi connectivity index (χ0) is 19.2. The number of esters is 1. The highest BCUT2D eigenvalue weighted by atomic mass is 16.5. The first-order valence-corrected chi connectivity index (χ1v) is 9.04. The molecule has 1 aliphatic rings. The number of rotatable bonds is 5. The molecule has 0 bridgehead atoms. The highest BCUT2D eigenvalue weighted by Gasteiger charge is 2.19. The number of hydrogen-bond donors (Lipinski definition) is 1. The maximum atomic E-state index is 12.3. The zero-order valence-electron chi connectivity index (χ0n) is 15.6. The van der Waals surface area contributed by atoms with E-state index in [2.05, 4.69) is 10.2 Å². The third-order valence-corrected chi connectivity index (χ3v) is 4.42. The molecule has 0 aliphatic carbocycles. The average molecular weight is 368 g/mol. The van der Waals surface area contributed by atoms with Crippen LogP contribution in [-0.4, -0.2) is 44.3 Å². The molecule has 142 valence electrons. The maximum absolute atomic E-state index is 12.3. The van der Waals surface area contributed by atoms with Crippen molar-refractivity contribution in [2.24, 2.45) is 0 Å². The van der Waals surface area contributed by atoms with Crippen LogP contribution in [0.15, 0.2) is 48.5 Å². The Morgan fingerprint density at radius 2 is 1.81 bits per heavy atom. The van der Waals surface area contributed by atoms with E-state index >= 15 is 0 Å². The van der Waals surface area contributed by atoms with Gasteiger partial charge in [0.05, 0.1) is 18.8 Å². The van der Waals surface area contributed by atoms with Gasteiger partial charge in [0.1, 0.15) is 0 Å². The molecule has 1 N–H and O–H groups in total. The van der Waals surface area contributed by atoms with Crippen LogP contribution in [0.4, 0.5) is 11.4 Å². The van der Waals surface area contributed by atoms with Crippen LogP contribution in [0.1, 0.15) is 22.8 Å². The second-order valence-corrected chi connectivity index (χ2v) is 6.55. The van der Waals surface area contributed by atoms with E-state index in [0.717, 1.165) is 37.6 Å². The molecule has 6 heteroatoms. The Kier molecular flexibility index (Phi) is 6.08. The fraction of sp³-hybridized carbons (Fsp3) is 0.333. The van der Waals surface area contributed by atoms with Gasteiger partial charge in [0.2, 0.25) is 0 Å². The molecule has 27 heavy (non-hydrogen) atoms. The molecule has 0 spiro atoms. The van der Waals surface area contributed by atoms with Gasteiger partial charge < -0.3 is 19.7 Å². The fourth-order valence-corrected chi connectivity index (χ4v) is 2.88. The van der Waals surface area contributed by atoms with Crippen molar-refractivity contribution >= 4 is 23.3 Å². The molecule has 0 saturated carbocycles. The zero-order valence-corrected chi connectivity index (χ0v) is 15.6. The molecule has 1 fully saturated rings. The van der Waals surface area contributed by atoms with Gasteiger partial charge in [-0.3, -0.25) is 4.79 Å². The van der Waals surface area contributed by atoms with E-state index < -0.39 is 12.1 Å². The Balaban J connectivity index is 1.55. The number of amides is 1. The molecular formula is C21H24N2O4. The Morgan fingerprint density at radius 1 is 1.11 bits per heavy atom. The third kappa shape index (κ3) is 5.08. The van der Waals surface area contributed by atoms with Crippen LogP contribution in [0.2, 0.25) is 0 Å². The third-order valence-electron chi connectivity index (χ3n) is 4.42. The molecule has 2 aromatic rings. The summed E-state index contributed by atoms with van der Waals surface area (Å²) in [7, 11) is 0. The molecule has 3 rings (SSSR count). The summed E-state index contributed by atoms with van der Waals surface area (Å²) in [5, 5.41) is 2.78. The van der Waals surface area contributed by atoms with Gasteiger partial charge in [-0.2, -0.15) is 0 Å². The predicted octanol–water partition coefficient (Wildman–Crippen LogP) is 3.02. The van der Waals surface area contributed by atoms with Crippen molar-refractivity contribution in [2.45, 2.75) is 20.0 Å². The van der Waals surface area contributed by atoms with Crippen molar-refractivity contribution in [3.63, 3.8) is 0 Å². The molecule has 1 saturated heterocycles. The van der Waals surface area contributed by atoms with E-state index in [-0.39, 0.29) is 5.91 Å². The minimum atomic E-state index is -0.892. The number of anilines is 2. The predicted molar refractivity (Wildman–Crippen MR) is 104 cm³/mol. The number of carbonyl (C=O) groups excluding carboxylic acids is 2. The number of benzene rings is 2. The van der Waals surface area contributed by atoms with Crippen LogP contribution in [0.5, 0.6) is 0 Å². The first-order chi connectivity index (χ1) is 13.0. The molecule has 0 aromatic heterocycles. The summed E-state index contributed by atoms with van der Waals surface area (Å²) in [6.07, 6.45) is -0.892. The number of ether oxygens (including phenoxy) is 2. The van der Waals surface area contributed by atoms with E-state index in [9.17, 15) is 9.59 Å². The highest BCUT2D eigenvalue weighted by Crippen LogP contribution is 2.19. The summed E-state index contributed by atoms with van der Waals surface area (Å²) in [4.78, 5) is 26.7. The van der Waals surface area contributed by atoms with Gasteiger partial charge in [-0.1, -0.05) is 17.7 Å². The number of nitrogens with zero attached hydrogens (tertiary/aromatic N) is 1. The molecule has 6 nitrogen and oxygen atoms in total. The normalized spacial score (nSPS) is 15.1. The number of carbonyl (C=O) groups is 2. The van der Waals surface area contributed by atoms with Crippen molar-refractivity contribution in [1.29, 1.82) is 0 Å². The monoisotopic (exact) mass is 368 g/mol. The lowest BCUT2D eigenvalue weighted by Gasteiger charge is -2.28. The summed E-state index contributed by atoms with van der Waals surface area (Å²) < 4.78 is 10.6. The molecule has 1 aliphatic heterocycles. The van der Waals surface area contributed by atoms with Crippen LogP contribution < -0.4 is 10.2 Å². The molecule has 2 aromatic carbocycles. The van der Waals surface area contributed by atoms with Gasteiger partial charge >= 0.3 is 5.97 Å². The lowest BCUT2D eigenvalue weighted by atomic mass is 10.1. The summed E-state index contributed by atoms with van der Waals surface area (Å²) >= 11 is 0. The quantitative estimate of drug-likeness (QED) is 0.822.